The summed E-state index contributed by atoms with van der Waals surface area (Å²) in [5.41, 5.74) is 9.46. The molecule has 1 aliphatic heterocycles. The average molecular weight is 351 g/mol. The van der Waals surface area contributed by atoms with E-state index in [2.05, 4.69) is 47.3 Å². The van der Waals surface area contributed by atoms with Crippen molar-refractivity contribution in [2.24, 2.45) is 5.73 Å². The number of ether oxygens (including phenoxy) is 1. The molecule has 0 unspecified atom stereocenters. The minimum atomic E-state index is 0.355. The zero-order valence-electron chi connectivity index (χ0n) is 15.0. The SMILES string of the molecule is CCOCCNc1ccc(C)cc1N(C(N)=S)C1CCN(C)CC1. The second kappa shape index (κ2) is 9.20. The van der Waals surface area contributed by atoms with Gasteiger partial charge in [0.2, 0.25) is 0 Å². The van der Waals surface area contributed by atoms with E-state index in [1.165, 1.54) is 5.56 Å². The summed E-state index contributed by atoms with van der Waals surface area (Å²) in [5, 5.41) is 3.91. The first kappa shape index (κ1) is 19.0. The highest BCUT2D eigenvalue weighted by Crippen LogP contribution is 2.31. The second-order valence-corrected chi connectivity index (χ2v) is 6.81. The van der Waals surface area contributed by atoms with E-state index in [1.807, 2.05) is 6.92 Å². The Hall–Kier alpha value is -1.37. The highest BCUT2D eigenvalue weighted by Gasteiger charge is 2.26. The minimum absolute atomic E-state index is 0.355. The first-order valence-electron chi connectivity index (χ1n) is 8.72. The minimum Gasteiger partial charge on any atom is -0.381 e. The standard InChI is InChI=1S/C18H30N4OS/c1-4-23-12-9-20-16-6-5-14(2)13-17(16)22(18(19)24)15-7-10-21(3)11-8-15/h5-6,13,15,20H,4,7-12H2,1-3H3,(H2,19,24). The molecule has 1 fully saturated rings. The van der Waals surface area contributed by atoms with Crippen molar-refractivity contribution < 1.29 is 4.74 Å². The highest BCUT2D eigenvalue weighted by atomic mass is 32.1. The largest absolute Gasteiger partial charge is 0.381 e. The first-order chi connectivity index (χ1) is 11.5. The van der Waals surface area contributed by atoms with Gasteiger partial charge in [-0.25, -0.2) is 0 Å². The number of nitrogens with zero attached hydrogens (tertiary/aromatic N) is 2. The smallest absolute Gasteiger partial charge is 0.171 e. The summed E-state index contributed by atoms with van der Waals surface area (Å²) in [5.74, 6) is 0. The van der Waals surface area contributed by atoms with Crippen LogP contribution in [0.15, 0.2) is 18.2 Å². The van der Waals surface area contributed by atoms with E-state index in [9.17, 15) is 0 Å². The zero-order chi connectivity index (χ0) is 17.5. The Labute approximate surface area is 151 Å². The molecule has 0 atom stereocenters. The Kier molecular flexibility index (Phi) is 7.27. The van der Waals surface area contributed by atoms with Crippen LogP contribution in [0, 0.1) is 6.92 Å². The molecule has 0 radical (unpaired) electrons. The Morgan fingerprint density at radius 1 is 1.42 bits per heavy atom. The fraction of sp³-hybridized carbons (Fsp3) is 0.611. The third-order valence-corrected chi connectivity index (χ3v) is 4.67. The van der Waals surface area contributed by atoms with E-state index >= 15 is 0 Å². The van der Waals surface area contributed by atoms with Crippen LogP contribution >= 0.6 is 12.2 Å². The Balaban J connectivity index is 2.21. The predicted molar refractivity (Wildman–Crippen MR) is 106 cm³/mol. The molecule has 1 aliphatic rings. The van der Waals surface area contributed by atoms with Crippen molar-refractivity contribution in [3.8, 4) is 0 Å². The van der Waals surface area contributed by atoms with Gasteiger partial charge in [0.15, 0.2) is 5.11 Å². The summed E-state index contributed by atoms with van der Waals surface area (Å²) in [6.07, 6.45) is 2.14. The summed E-state index contributed by atoms with van der Waals surface area (Å²) in [4.78, 5) is 4.49. The number of piperidine rings is 1. The molecule has 134 valence electrons. The topological polar surface area (TPSA) is 53.8 Å². The average Bonchev–Trinajstić information content (AvgIpc) is 2.55. The molecular formula is C18H30N4OS. The summed E-state index contributed by atoms with van der Waals surface area (Å²) >= 11 is 5.40. The van der Waals surface area contributed by atoms with Crippen molar-refractivity contribution in [1.82, 2.24) is 4.90 Å². The quantitative estimate of drug-likeness (QED) is 0.582. The lowest BCUT2D eigenvalue weighted by Gasteiger charge is -2.38. The van der Waals surface area contributed by atoms with Gasteiger partial charge in [-0.1, -0.05) is 6.07 Å². The normalized spacial score (nSPS) is 16.1. The summed E-state index contributed by atoms with van der Waals surface area (Å²) in [6, 6.07) is 6.74. The number of hydrogen-bond donors (Lipinski definition) is 2. The van der Waals surface area contributed by atoms with Gasteiger partial charge in [-0.15, -0.1) is 0 Å². The summed E-state index contributed by atoms with van der Waals surface area (Å²) in [7, 11) is 2.16. The molecule has 0 saturated carbocycles. The number of likely N-dealkylation sites (tertiary alicyclic amines) is 1. The lowest BCUT2D eigenvalue weighted by molar-refractivity contribution is 0.158. The third kappa shape index (κ3) is 5.06. The lowest BCUT2D eigenvalue weighted by atomic mass is 10.0. The third-order valence-electron chi connectivity index (χ3n) is 4.47. The predicted octanol–water partition coefficient (Wildman–Crippen LogP) is 2.59. The molecule has 2 rings (SSSR count). The van der Waals surface area contributed by atoms with Gasteiger partial charge in [0.05, 0.1) is 18.0 Å². The highest BCUT2D eigenvalue weighted by molar-refractivity contribution is 7.80. The Morgan fingerprint density at radius 3 is 2.75 bits per heavy atom. The van der Waals surface area contributed by atoms with Crippen molar-refractivity contribution in [2.45, 2.75) is 32.7 Å². The fourth-order valence-corrected chi connectivity index (χ4v) is 3.39. The van der Waals surface area contributed by atoms with Gasteiger partial charge in [0.25, 0.3) is 0 Å². The van der Waals surface area contributed by atoms with Crippen LogP contribution in [0.5, 0.6) is 0 Å². The maximum Gasteiger partial charge on any atom is 0.171 e. The van der Waals surface area contributed by atoms with Crippen LogP contribution in [0.2, 0.25) is 0 Å². The number of benzene rings is 1. The Morgan fingerprint density at radius 2 is 2.12 bits per heavy atom. The molecule has 6 heteroatoms. The van der Waals surface area contributed by atoms with E-state index in [1.54, 1.807) is 0 Å². The van der Waals surface area contributed by atoms with Gasteiger partial charge < -0.3 is 25.6 Å². The molecule has 5 nitrogen and oxygen atoms in total. The molecule has 0 aliphatic carbocycles. The van der Waals surface area contributed by atoms with E-state index in [0.29, 0.717) is 17.8 Å². The van der Waals surface area contributed by atoms with Crippen LogP contribution in [0.1, 0.15) is 25.3 Å². The molecule has 24 heavy (non-hydrogen) atoms. The monoisotopic (exact) mass is 350 g/mol. The van der Waals surface area contributed by atoms with Gasteiger partial charge in [-0.3, -0.25) is 0 Å². The fourth-order valence-electron chi connectivity index (χ4n) is 3.14. The molecule has 1 saturated heterocycles. The van der Waals surface area contributed by atoms with Crippen LogP contribution in [0.4, 0.5) is 11.4 Å². The number of aryl methyl sites for hydroxylation is 1. The molecule has 3 N–H and O–H groups in total. The van der Waals surface area contributed by atoms with Gasteiger partial charge in [0.1, 0.15) is 0 Å². The maximum atomic E-state index is 6.12. The van der Waals surface area contributed by atoms with E-state index in [0.717, 1.165) is 50.5 Å². The molecule has 0 spiro atoms. The molecule has 1 aromatic rings. The number of thiocarbonyl (C=S) groups is 1. The molecular weight excluding hydrogens is 320 g/mol. The molecule has 0 aromatic heterocycles. The van der Waals surface area contributed by atoms with Crippen LogP contribution in [-0.4, -0.2) is 55.9 Å². The van der Waals surface area contributed by atoms with Gasteiger partial charge in [-0.2, -0.15) is 0 Å². The van der Waals surface area contributed by atoms with E-state index < -0.39 is 0 Å². The molecule has 1 aromatic carbocycles. The summed E-state index contributed by atoms with van der Waals surface area (Å²) < 4.78 is 5.42. The number of hydrogen-bond acceptors (Lipinski definition) is 4. The van der Waals surface area contributed by atoms with Gasteiger partial charge >= 0.3 is 0 Å². The lowest BCUT2D eigenvalue weighted by Crippen LogP contribution is -2.49. The van der Waals surface area contributed by atoms with Crippen LogP contribution in [0.25, 0.3) is 0 Å². The maximum absolute atomic E-state index is 6.12. The Bertz CT molecular complexity index is 544. The van der Waals surface area contributed by atoms with Crippen LogP contribution < -0.4 is 16.0 Å². The van der Waals surface area contributed by atoms with Gasteiger partial charge in [0, 0.05) is 19.2 Å². The van der Waals surface area contributed by atoms with Crippen molar-refractivity contribution in [3.05, 3.63) is 23.8 Å². The van der Waals surface area contributed by atoms with E-state index in [4.69, 9.17) is 22.7 Å². The first-order valence-corrected chi connectivity index (χ1v) is 9.13. The van der Waals surface area contributed by atoms with Crippen molar-refractivity contribution >= 4 is 28.7 Å². The van der Waals surface area contributed by atoms with Crippen molar-refractivity contribution in [2.75, 3.05) is 50.1 Å². The summed E-state index contributed by atoms with van der Waals surface area (Å²) in [6.45, 7) is 8.43. The number of anilines is 2. The molecule has 0 amide bonds. The molecule has 0 bridgehead atoms. The van der Waals surface area contributed by atoms with Gasteiger partial charge in [-0.05, 0) is 76.7 Å². The zero-order valence-corrected chi connectivity index (χ0v) is 15.9. The van der Waals surface area contributed by atoms with Crippen LogP contribution in [0.3, 0.4) is 0 Å². The molecule has 1 heterocycles. The number of rotatable bonds is 7. The van der Waals surface area contributed by atoms with Crippen molar-refractivity contribution in [3.63, 3.8) is 0 Å². The number of nitrogens with two attached hydrogens (primary N) is 1. The number of nitrogens with one attached hydrogen (secondary N) is 1. The second-order valence-electron chi connectivity index (χ2n) is 6.39. The van der Waals surface area contributed by atoms with Crippen molar-refractivity contribution in [1.29, 1.82) is 0 Å². The van der Waals surface area contributed by atoms with Crippen LogP contribution in [-0.2, 0) is 4.74 Å². The van der Waals surface area contributed by atoms with E-state index in [-0.39, 0.29) is 0 Å².